The van der Waals surface area contributed by atoms with E-state index in [2.05, 4.69) is 4.74 Å². The number of carboxylic acid groups (broad SMARTS) is 1. The summed E-state index contributed by atoms with van der Waals surface area (Å²) in [5, 5.41) is 8.90. The van der Waals surface area contributed by atoms with Crippen LogP contribution in [0.25, 0.3) is 0 Å². The molecule has 1 saturated heterocycles. The molecular weight excluding hydrogens is 282 g/mol. The van der Waals surface area contributed by atoms with Gasteiger partial charge in [-0.05, 0) is 36.5 Å². The van der Waals surface area contributed by atoms with Gasteiger partial charge in [-0.15, -0.1) is 0 Å². The van der Waals surface area contributed by atoms with Gasteiger partial charge in [0.2, 0.25) is 0 Å². The Morgan fingerprint density at radius 1 is 1.29 bits per heavy atom. The molecule has 0 saturated carbocycles. The van der Waals surface area contributed by atoms with Gasteiger partial charge in [-0.25, -0.2) is 4.79 Å². The number of benzene rings is 1. The molecule has 1 aromatic carbocycles. The molecule has 0 radical (unpaired) electrons. The number of carbonyl (C=O) groups is 1. The number of hydrogen-bond acceptors (Lipinski definition) is 3. The smallest absolute Gasteiger partial charge is 0.407 e. The average molecular weight is 300 g/mol. The summed E-state index contributed by atoms with van der Waals surface area (Å²) in [4.78, 5) is 12.2. The number of ether oxygens (including phenoxy) is 1. The lowest BCUT2D eigenvalue weighted by Crippen LogP contribution is -2.40. The highest BCUT2D eigenvalue weighted by Gasteiger charge is 2.27. The minimum absolute atomic E-state index is 0.0987. The number of alkyl halides is 2. The summed E-state index contributed by atoms with van der Waals surface area (Å²) in [6.07, 6.45) is 0.487. The highest BCUT2D eigenvalue weighted by molar-refractivity contribution is 5.65. The van der Waals surface area contributed by atoms with Crippen molar-refractivity contribution in [3.63, 3.8) is 0 Å². The van der Waals surface area contributed by atoms with Crippen LogP contribution in [0.5, 0.6) is 5.75 Å². The predicted molar refractivity (Wildman–Crippen MR) is 72.3 cm³/mol. The third-order valence-electron chi connectivity index (χ3n) is 3.81. The predicted octanol–water partition coefficient (Wildman–Crippen LogP) is 2.68. The lowest BCUT2D eigenvalue weighted by atomic mass is 9.86. The number of amides is 1. The first-order valence-electron chi connectivity index (χ1n) is 6.75. The molecule has 1 amide bonds. The van der Waals surface area contributed by atoms with Crippen LogP contribution in [-0.2, 0) is 0 Å². The van der Waals surface area contributed by atoms with Gasteiger partial charge in [0, 0.05) is 19.1 Å². The minimum Gasteiger partial charge on any atom is -0.465 e. The van der Waals surface area contributed by atoms with Crippen molar-refractivity contribution in [2.24, 2.45) is 11.7 Å². The van der Waals surface area contributed by atoms with Crippen molar-refractivity contribution >= 4 is 6.09 Å². The normalized spacial score (nSPS) is 17.8. The van der Waals surface area contributed by atoms with E-state index in [0.29, 0.717) is 25.9 Å². The molecule has 7 heteroatoms. The monoisotopic (exact) mass is 300 g/mol. The molecule has 2 rings (SSSR count). The highest BCUT2D eigenvalue weighted by atomic mass is 19.3. The number of nitrogens with two attached hydrogens (primary N) is 1. The molecule has 1 unspecified atom stereocenters. The van der Waals surface area contributed by atoms with E-state index in [1.807, 2.05) is 0 Å². The Kier molecular flexibility index (Phi) is 4.95. The van der Waals surface area contributed by atoms with E-state index in [-0.39, 0.29) is 17.7 Å². The van der Waals surface area contributed by atoms with Crippen molar-refractivity contribution in [3.8, 4) is 5.75 Å². The Morgan fingerprint density at radius 3 is 2.33 bits per heavy atom. The maximum atomic E-state index is 12.1. The van der Waals surface area contributed by atoms with Crippen LogP contribution < -0.4 is 10.5 Å². The maximum Gasteiger partial charge on any atom is 0.407 e. The topological polar surface area (TPSA) is 75.8 Å². The Bertz CT molecular complexity index is 474. The zero-order valence-corrected chi connectivity index (χ0v) is 11.4. The van der Waals surface area contributed by atoms with E-state index in [0.717, 1.165) is 5.56 Å². The standard InChI is InChI=1S/C14H18F2N2O3/c15-13(16)21-11-3-1-9(2-4-11)12(17)10-5-7-18(8-6-10)14(19)20/h1-4,10,12-13H,5-8,17H2,(H,19,20). The fourth-order valence-electron chi connectivity index (χ4n) is 2.59. The summed E-state index contributed by atoms with van der Waals surface area (Å²) in [6, 6.07) is 6.04. The van der Waals surface area contributed by atoms with E-state index in [1.165, 1.54) is 17.0 Å². The molecule has 0 aromatic heterocycles. The fourth-order valence-corrected chi connectivity index (χ4v) is 2.59. The van der Waals surface area contributed by atoms with E-state index >= 15 is 0 Å². The van der Waals surface area contributed by atoms with Crippen LogP contribution in [0.1, 0.15) is 24.4 Å². The highest BCUT2D eigenvalue weighted by Crippen LogP contribution is 2.30. The van der Waals surface area contributed by atoms with Crippen molar-refractivity contribution < 1.29 is 23.4 Å². The lowest BCUT2D eigenvalue weighted by Gasteiger charge is -2.33. The summed E-state index contributed by atoms with van der Waals surface area (Å²) >= 11 is 0. The van der Waals surface area contributed by atoms with Crippen molar-refractivity contribution in [1.82, 2.24) is 4.90 Å². The van der Waals surface area contributed by atoms with Gasteiger partial charge in [0.25, 0.3) is 0 Å². The van der Waals surface area contributed by atoms with Crippen molar-refractivity contribution in [1.29, 1.82) is 0 Å². The molecule has 1 atom stereocenters. The molecule has 0 bridgehead atoms. The van der Waals surface area contributed by atoms with Crippen molar-refractivity contribution in [2.45, 2.75) is 25.5 Å². The second-order valence-electron chi connectivity index (χ2n) is 5.08. The summed E-state index contributed by atoms with van der Waals surface area (Å²) < 4.78 is 28.4. The number of nitrogens with zero attached hydrogens (tertiary/aromatic N) is 1. The third-order valence-corrected chi connectivity index (χ3v) is 3.81. The van der Waals surface area contributed by atoms with Crippen molar-refractivity contribution in [3.05, 3.63) is 29.8 Å². The number of rotatable bonds is 4. The first kappa shape index (κ1) is 15.5. The molecule has 3 N–H and O–H groups in total. The van der Waals surface area contributed by atoms with Gasteiger partial charge in [-0.1, -0.05) is 12.1 Å². The molecule has 1 aliphatic rings. The Labute approximate surface area is 121 Å². The van der Waals surface area contributed by atoms with Gasteiger partial charge >= 0.3 is 12.7 Å². The molecule has 1 fully saturated rings. The number of halogens is 2. The first-order valence-corrected chi connectivity index (χ1v) is 6.75. The van der Waals surface area contributed by atoms with Gasteiger partial charge in [0.15, 0.2) is 0 Å². The third kappa shape index (κ3) is 4.04. The Morgan fingerprint density at radius 2 is 1.86 bits per heavy atom. The molecule has 116 valence electrons. The van der Waals surface area contributed by atoms with E-state index in [1.54, 1.807) is 12.1 Å². The van der Waals surface area contributed by atoms with Crippen LogP contribution in [0, 0.1) is 5.92 Å². The number of likely N-dealkylation sites (tertiary alicyclic amines) is 1. The van der Waals surface area contributed by atoms with E-state index in [4.69, 9.17) is 10.8 Å². The zero-order valence-electron chi connectivity index (χ0n) is 11.4. The molecule has 5 nitrogen and oxygen atoms in total. The maximum absolute atomic E-state index is 12.1. The average Bonchev–Trinajstić information content (AvgIpc) is 2.47. The second-order valence-corrected chi connectivity index (χ2v) is 5.08. The largest absolute Gasteiger partial charge is 0.465 e. The molecule has 0 aliphatic carbocycles. The summed E-state index contributed by atoms with van der Waals surface area (Å²) in [5.41, 5.74) is 7.03. The molecule has 21 heavy (non-hydrogen) atoms. The molecule has 0 spiro atoms. The van der Waals surface area contributed by atoms with Crippen LogP contribution in [0.3, 0.4) is 0 Å². The van der Waals surface area contributed by atoms with E-state index in [9.17, 15) is 13.6 Å². The SMILES string of the molecule is NC(c1ccc(OC(F)F)cc1)C1CCN(C(=O)O)CC1. The zero-order chi connectivity index (χ0) is 15.4. The molecule has 1 aromatic rings. The molecule has 1 heterocycles. The number of piperidine rings is 1. The fraction of sp³-hybridized carbons (Fsp3) is 0.500. The van der Waals surface area contributed by atoms with Gasteiger partial charge in [-0.2, -0.15) is 8.78 Å². The van der Waals surface area contributed by atoms with Crippen molar-refractivity contribution in [2.75, 3.05) is 13.1 Å². The number of hydrogen-bond donors (Lipinski definition) is 2. The van der Waals surface area contributed by atoms with Gasteiger partial charge in [-0.3, -0.25) is 0 Å². The second kappa shape index (κ2) is 6.71. The molecule has 1 aliphatic heterocycles. The van der Waals surface area contributed by atoms with Crippen LogP contribution in [-0.4, -0.2) is 35.8 Å². The summed E-state index contributed by atoms with van der Waals surface area (Å²) in [7, 11) is 0. The quantitative estimate of drug-likeness (QED) is 0.896. The Hall–Kier alpha value is -1.89. The first-order chi connectivity index (χ1) is 9.97. The van der Waals surface area contributed by atoms with Crippen LogP contribution >= 0.6 is 0 Å². The van der Waals surface area contributed by atoms with Gasteiger partial charge < -0.3 is 20.5 Å². The van der Waals surface area contributed by atoms with Gasteiger partial charge in [0.05, 0.1) is 0 Å². The van der Waals surface area contributed by atoms with Crippen LogP contribution in [0.4, 0.5) is 13.6 Å². The summed E-state index contributed by atoms with van der Waals surface area (Å²) in [6.45, 7) is -1.90. The van der Waals surface area contributed by atoms with Crippen LogP contribution in [0.2, 0.25) is 0 Å². The lowest BCUT2D eigenvalue weighted by molar-refractivity contribution is -0.0498. The van der Waals surface area contributed by atoms with E-state index < -0.39 is 12.7 Å². The summed E-state index contributed by atoms with van der Waals surface area (Å²) in [5.74, 6) is 0.282. The molecular formula is C14H18F2N2O3. The minimum atomic E-state index is -2.84. The van der Waals surface area contributed by atoms with Gasteiger partial charge in [0.1, 0.15) is 5.75 Å². The van der Waals surface area contributed by atoms with Crippen LogP contribution in [0.15, 0.2) is 24.3 Å². The Balaban J connectivity index is 1.94.